The Morgan fingerprint density at radius 1 is 1.22 bits per heavy atom. The Morgan fingerprint density at radius 3 is 2.50 bits per heavy atom. The SMILES string of the molecule is CN(C)CCOc1ccc(-c2nnc(N)s2)cc1. The molecule has 0 radical (unpaired) electrons. The fourth-order valence-electron chi connectivity index (χ4n) is 1.39. The van der Waals surface area contributed by atoms with Crippen molar-refractivity contribution < 1.29 is 4.74 Å². The summed E-state index contributed by atoms with van der Waals surface area (Å²) in [5.41, 5.74) is 6.56. The van der Waals surface area contributed by atoms with Crippen molar-refractivity contribution in [3.05, 3.63) is 24.3 Å². The predicted octanol–water partition coefficient (Wildman–Crippen LogP) is 1.73. The molecule has 1 aromatic carbocycles. The average Bonchev–Trinajstić information content (AvgIpc) is 2.76. The molecule has 0 aliphatic carbocycles. The largest absolute Gasteiger partial charge is 0.492 e. The average molecular weight is 264 g/mol. The predicted molar refractivity (Wildman–Crippen MR) is 73.8 cm³/mol. The third-order valence-corrected chi connectivity index (χ3v) is 3.15. The number of nitrogens with two attached hydrogens (primary N) is 1. The Hall–Kier alpha value is -1.66. The zero-order valence-electron chi connectivity index (χ0n) is 10.5. The highest BCUT2D eigenvalue weighted by molar-refractivity contribution is 7.18. The fourth-order valence-corrected chi connectivity index (χ4v) is 2.01. The second-order valence-electron chi connectivity index (χ2n) is 4.12. The summed E-state index contributed by atoms with van der Waals surface area (Å²) in [7, 11) is 4.04. The molecule has 2 rings (SSSR count). The summed E-state index contributed by atoms with van der Waals surface area (Å²) in [5.74, 6) is 0.859. The molecule has 0 fully saturated rings. The summed E-state index contributed by atoms with van der Waals surface area (Å²) in [4.78, 5) is 2.08. The Morgan fingerprint density at radius 2 is 1.94 bits per heavy atom. The van der Waals surface area contributed by atoms with Gasteiger partial charge in [0.2, 0.25) is 5.13 Å². The van der Waals surface area contributed by atoms with Gasteiger partial charge in [-0.1, -0.05) is 11.3 Å². The van der Waals surface area contributed by atoms with Crippen molar-refractivity contribution in [3.63, 3.8) is 0 Å². The van der Waals surface area contributed by atoms with Crippen LogP contribution < -0.4 is 10.5 Å². The van der Waals surface area contributed by atoms with Gasteiger partial charge in [-0.15, -0.1) is 10.2 Å². The summed E-state index contributed by atoms with van der Waals surface area (Å²) in [6, 6.07) is 7.79. The first-order chi connectivity index (χ1) is 8.65. The lowest BCUT2D eigenvalue weighted by Crippen LogP contribution is -2.19. The number of aromatic nitrogens is 2. The van der Waals surface area contributed by atoms with Gasteiger partial charge in [0.05, 0.1) is 0 Å². The van der Waals surface area contributed by atoms with Gasteiger partial charge >= 0.3 is 0 Å². The Balaban J connectivity index is 1.97. The normalized spacial score (nSPS) is 10.8. The van der Waals surface area contributed by atoms with E-state index < -0.39 is 0 Å². The highest BCUT2D eigenvalue weighted by Crippen LogP contribution is 2.26. The maximum absolute atomic E-state index is 5.61. The number of likely N-dealkylation sites (N-methyl/N-ethyl adjacent to an activating group) is 1. The lowest BCUT2D eigenvalue weighted by molar-refractivity contribution is 0.261. The maximum Gasteiger partial charge on any atom is 0.203 e. The minimum Gasteiger partial charge on any atom is -0.492 e. The first-order valence-corrected chi connectivity index (χ1v) is 6.44. The molecular weight excluding hydrogens is 248 g/mol. The second-order valence-corrected chi connectivity index (χ2v) is 5.13. The highest BCUT2D eigenvalue weighted by Gasteiger charge is 2.04. The minimum atomic E-state index is 0.483. The number of hydrogen-bond donors (Lipinski definition) is 1. The Labute approximate surface area is 110 Å². The van der Waals surface area contributed by atoms with Crippen molar-refractivity contribution in [1.29, 1.82) is 0 Å². The first-order valence-electron chi connectivity index (χ1n) is 5.62. The monoisotopic (exact) mass is 264 g/mol. The van der Waals surface area contributed by atoms with Crippen LogP contribution in [0.5, 0.6) is 5.75 Å². The van der Waals surface area contributed by atoms with Crippen molar-refractivity contribution in [3.8, 4) is 16.3 Å². The molecule has 1 aromatic heterocycles. The number of ether oxygens (including phenoxy) is 1. The van der Waals surface area contributed by atoms with Crippen LogP contribution in [0.4, 0.5) is 5.13 Å². The molecule has 2 N–H and O–H groups in total. The van der Waals surface area contributed by atoms with E-state index in [-0.39, 0.29) is 0 Å². The summed E-state index contributed by atoms with van der Waals surface area (Å²) in [5, 5.41) is 9.10. The molecule has 0 amide bonds. The van der Waals surface area contributed by atoms with Crippen LogP contribution in [0.25, 0.3) is 10.6 Å². The fraction of sp³-hybridized carbons (Fsp3) is 0.333. The smallest absolute Gasteiger partial charge is 0.203 e. The molecule has 6 heteroatoms. The molecule has 0 aliphatic rings. The number of hydrogen-bond acceptors (Lipinski definition) is 6. The zero-order valence-corrected chi connectivity index (χ0v) is 11.3. The van der Waals surface area contributed by atoms with Crippen LogP contribution in [-0.4, -0.2) is 42.3 Å². The third-order valence-electron chi connectivity index (χ3n) is 2.35. The van der Waals surface area contributed by atoms with Crippen molar-refractivity contribution >= 4 is 16.5 Å². The quantitative estimate of drug-likeness (QED) is 0.891. The van der Waals surface area contributed by atoms with Crippen LogP contribution in [0.2, 0.25) is 0 Å². The highest BCUT2D eigenvalue weighted by atomic mass is 32.1. The molecule has 0 bridgehead atoms. The van der Waals surface area contributed by atoms with E-state index in [2.05, 4.69) is 15.1 Å². The number of anilines is 1. The number of nitrogen functional groups attached to an aromatic ring is 1. The summed E-state index contributed by atoms with van der Waals surface area (Å²) in [6.07, 6.45) is 0. The van der Waals surface area contributed by atoms with E-state index >= 15 is 0 Å². The van der Waals surface area contributed by atoms with Crippen molar-refractivity contribution in [2.24, 2.45) is 0 Å². The number of nitrogens with zero attached hydrogens (tertiary/aromatic N) is 3. The zero-order chi connectivity index (χ0) is 13.0. The van der Waals surface area contributed by atoms with E-state index in [1.54, 1.807) is 0 Å². The van der Waals surface area contributed by atoms with Crippen molar-refractivity contribution in [2.75, 3.05) is 33.0 Å². The second kappa shape index (κ2) is 5.79. The van der Waals surface area contributed by atoms with Gasteiger partial charge in [-0.25, -0.2) is 0 Å². The molecule has 0 saturated heterocycles. The Bertz CT molecular complexity index is 495. The summed E-state index contributed by atoms with van der Waals surface area (Å²) in [6.45, 7) is 1.58. The minimum absolute atomic E-state index is 0.483. The summed E-state index contributed by atoms with van der Waals surface area (Å²) >= 11 is 1.38. The van der Waals surface area contributed by atoms with E-state index in [9.17, 15) is 0 Å². The molecule has 0 spiro atoms. The van der Waals surface area contributed by atoms with Crippen LogP contribution >= 0.6 is 11.3 Å². The third kappa shape index (κ3) is 3.41. The van der Waals surface area contributed by atoms with Gasteiger partial charge in [0.25, 0.3) is 0 Å². The molecule has 18 heavy (non-hydrogen) atoms. The van der Waals surface area contributed by atoms with Crippen LogP contribution in [0.15, 0.2) is 24.3 Å². The van der Waals surface area contributed by atoms with Crippen molar-refractivity contribution in [2.45, 2.75) is 0 Å². The van der Waals surface area contributed by atoms with Crippen LogP contribution in [0, 0.1) is 0 Å². The van der Waals surface area contributed by atoms with Crippen LogP contribution in [0.3, 0.4) is 0 Å². The lowest BCUT2D eigenvalue weighted by atomic mass is 10.2. The number of rotatable bonds is 5. The summed E-state index contributed by atoms with van der Waals surface area (Å²) < 4.78 is 5.61. The van der Waals surface area contributed by atoms with Crippen molar-refractivity contribution in [1.82, 2.24) is 15.1 Å². The van der Waals surface area contributed by atoms with E-state index in [4.69, 9.17) is 10.5 Å². The molecule has 0 unspecified atom stereocenters. The molecule has 0 saturated carbocycles. The van der Waals surface area contributed by atoms with Gasteiger partial charge in [-0.3, -0.25) is 0 Å². The van der Waals surface area contributed by atoms with Crippen LogP contribution in [0.1, 0.15) is 0 Å². The van der Waals surface area contributed by atoms with Gasteiger partial charge in [0.1, 0.15) is 17.4 Å². The van der Waals surface area contributed by atoms with Gasteiger partial charge in [0.15, 0.2) is 0 Å². The lowest BCUT2D eigenvalue weighted by Gasteiger charge is -2.10. The van der Waals surface area contributed by atoms with E-state index in [0.29, 0.717) is 11.7 Å². The van der Waals surface area contributed by atoms with E-state index in [0.717, 1.165) is 22.9 Å². The Kier molecular flexibility index (Phi) is 4.11. The molecule has 5 nitrogen and oxygen atoms in total. The van der Waals surface area contributed by atoms with E-state index in [1.807, 2.05) is 38.4 Å². The first kappa shape index (κ1) is 12.8. The number of benzene rings is 1. The molecule has 1 heterocycles. The molecule has 96 valence electrons. The standard InChI is InChI=1S/C12H16N4OS/c1-16(2)7-8-17-10-5-3-9(4-6-10)11-14-15-12(13)18-11/h3-6H,7-8H2,1-2H3,(H2,13,15). The van der Waals surface area contributed by atoms with Gasteiger partial charge in [-0.05, 0) is 38.4 Å². The van der Waals surface area contributed by atoms with Gasteiger partial charge in [0, 0.05) is 12.1 Å². The van der Waals surface area contributed by atoms with Gasteiger partial charge in [-0.2, -0.15) is 0 Å². The van der Waals surface area contributed by atoms with Gasteiger partial charge < -0.3 is 15.4 Å². The van der Waals surface area contributed by atoms with Crippen LogP contribution in [-0.2, 0) is 0 Å². The molecule has 2 aromatic rings. The van der Waals surface area contributed by atoms with E-state index in [1.165, 1.54) is 11.3 Å². The molecular formula is C12H16N4OS. The topological polar surface area (TPSA) is 64.3 Å². The maximum atomic E-state index is 5.61. The molecule has 0 aliphatic heterocycles. The molecule has 0 atom stereocenters.